The number of nitrogens with one attached hydrogen (secondary N) is 1. The van der Waals surface area contributed by atoms with Crippen LogP contribution in [0.15, 0.2) is 18.2 Å². The van der Waals surface area contributed by atoms with Gasteiger partial charge in [0.25, 0.3) is 5.69 Å². The number of carboxylic acid groups (broad SMARTS) is 1. The predicted molar refractivity (Wildman–Crippen MR) is 58.6 cm³/mol. The van der Waals surface area contributed by atoms with Crippen molar-refractivity contribution >= 4 is 17.3 Å². The van der Waals surface area contributed by atoms with Gasteiger partial charge in [0.1, 0.15) is 11.7 Å². The molecule has 0 bridgehead atoms. The van der Waals surface area contributed by atoms with Gasteiger partial charge in [-0.3, -0.25) is 14.9 Å². The van der Waals surface area contributed by atoms with Crippen molar-refractivity contribution in [3.05, 3.63) is 33.9 Å². The molecule has 0 aliphatic carbocycles. The highest BCUT2D eigenvalue weighted by Gasteiger charge is 2.18. The molecule has 6 nitrogen and oxygen atoms in total. The van der Waals surface area contributed by atoms with Crippen LogP contribution in [-0.4, -0.2) is 22.0 Å². The summed E-state index contributed by atoms with van der Waals surface area (Å²) in [7, 11) is 0. The maximum absolute atomic E-state index is 10.7. The van der Waals surface area contributed by atoms with Gasteiger partial charge in [0.2, 0.25) is 0 Å². The summed E-state index contributed by atoms with van der Waals surface area (Å²) in [6.07, 6.45) is 0. The van der Waals surface area contributed by atoms with E-state index in [4.69, 9.17) is 5.11 Å². The second kappa shape index (κ2) is 4.61. The summed E-state index contributed by atoms with van der Waals surface area (Å²) in [6.45, 7) is 3.16. The van der Waals surface area contributed by atoms with E-state index in [0.29, 0.717) is 0 Å². The monoisotopic (exact) mass is 224 g/mol. The van der Waals surface area contributed by atoms with Crippen LogP contribution < -0.4 is 5.32 Å². The molecule has 0 saturated heterocycles. The number of nitro benzene ring substituents is 1. The topological polar surface area (TPSA) is 92.5 Å². The number of benzene rings is 1. The summed E-state index contributed by atoms with van der Waals surface area (Å²) in [5, 5.41) is 22.0. The number of rotatable bonds is 4. The van der Waals surface area contributed by atoms with Crippen molar-refractivity contribution < 1.29 is 14.8 Å². The molecule has 6 heteroatoms. The van der Waals surface area contributed by atoms with Gasteiger partial charge in [0, 0.05) is 6.07 Å². The van der Waals surface area contributed by atoms with E-state index >= 15 is 0 Å². The van der Waals surface area contributed by atoms with Gasteiger partial charge in [0.05, 0.1) is 4.92 Å². The molecule has 0 radical (unpaired) electrons. The Morgan fingerprint density at radius 2 is 2.19 bits per heavy atom. The molecule has 0 spiro atoms. The van der Waals surface area contributed by atoms with Crippen LogP contribution in [0.4, 0.5) is 11.4 Å². The number of nitrogens with zero attached hydrogens (tertiary/aromatic N) is 1. The predicted octanol–water partition coefficient (Wildman–Crippen LogP) is 1.79. The SMILES string of the molecule is Cc1ccc(N[C@@H](C)C(=O)O)c([N+](=O)[O-])c1. The Morgan fingerprint density at radius 3 is 2.69 bits per heavy atom. The summed E-state index contributed by atoms with van der Waals surface area (Å²) >= 11 is 0. The quantitative estimate of drug-likeness (QED) is 0.600. The van der Waals surface area contributed by atoms with Crippen LogP contribution in [-0.2, 0) is 4.79 Å². The van der Waals surface area contributed by atoms with Crippen molar-refractivity contribution in [3.8, 4) is 0 Å². The average Bonchev–Trinajstić information content (AvgIpc) is 2.20. The third-order valence-electron chi connectivity index (χ3n) is 2.09. The summed E-state index contributed by atoms with van der Waals surface area (Å²) in [5.41, 5.74) is 0.846. The molecule has 1 rings (SSSR count). The van der Waals surface area contributed by atoms with Crippen molar-refractivity contribution in [2.45, 2.75) is 19.9 Å². The molecule has 0 aliphatic heterocycles. The second-order valence-corrected chi connectivity index (χ2v) is 3.48. The van der Waals surface area contributed by atoms with E-state index in [-0.39, 0.29) is 11.4 Å². The van der Waals surface area contributed by atoms with E-state index in [0.717, 1.165) is 5.56 Å². The normalized spacial score (nSPS) is 11.9. The zero-order chi connectivity index (χ0) is 12.3. The van der Waals surface area contributed by atoms with Crippen molar-refractivity contribution in [2.24, 2.45) is 0 Å². The third kappa shape index (κ3) is 2.69. The minimum atomic E-state index is -1.06. The Morgan fingerprint density at radius 1 is 1.56 bits per heavy atom. The zero-order valence-electron chi connectivity index (χ0n) is 8.93. The first-order valence-electron chi connectivity index (χ1n) is 4.66. The van der Waals surface area contributed by atoms with Crippen molar-refractivity contribution in [1.82, 2.24) is 0 Å². The molecule has 2 N–H and O–H groups in total. The first kappa shape index (κ1) is 12.0. The molecule has 0 heterocycles. The molecule has 16 heavy (non-hydrogen) atoms. The van der Waals surface area contributed by atoms with Gasteiger partial charge in [0.15, 0.2) is 0 Å². The zero-order valence-corrected chi connectivity index (χ0v) is 8.93. The maximum Gasteiger partial charge on any atom is 0.325 e. The van der Waals surface area contributed by atoms with Gasteiger partial charge >= 0.3 is 5.97 Å². The van der Waals surface area contributed by atoms with E-state index in [2.05, 4.69) is 5.32 Å². The van der Waals surface area contributed by atoms with Crippen molar-refractivity contribution in [1.29, 1.82) is 0 Å². The number of anilines is 1. The lowest BCUT2D eigenvalue weighted by molar-refractivity contribution is -0.384. The molecular weight excluding hydrogens is 212 g/mol. The molecule has 0 saturated carbocycles. The number of aliphatic carboxylic acids is 1. The Labute approximate surface area is 92.0 Å². The highest BCUT2D eigenvalue weighted by Crippen LogP contribution is 2.25. The van der Waals surface area contributed by atoms with Crippen molar-refractivity contribution in [2.75, 3.05) is 5.32 Å². The first-order chi connectivity index (χ1) is 7.41. The summed E-state index contributed by atoms with van der Waals surface area (Å²) in [6, 6.07) is 3.72. The number of carbonyl (C=O) groups is 1. The lowest BCUT2D eigenvalue weighted by Gasteiger charge is -2.11. The third-order valence-corrected chi connectivity index (χ3v) is 2.09. The molecule has 86 valence electrons. The van der Waals surface area contributed by atoms with Crippen LogP contribution in [0.5, 0.6) is 0 Å². The fourth-order valence-corrected chi connectivity index (χ4v) is 1.21. The number of nitro groups is 1. The Hall–Kier alpha value is -2.11. The molecular formula is C10H12N2O4. The van der Waals surface area contributed by atoms with E-state index in [1.807, 2.05) is 0 Å². The summed E-state index contributed by atoms with van der Waals surface area (Å²) in [4.78, 5) is 20.8. The number of aryl methyl sites for hydroxylation is 1. The Bertz CT molecular complexity index is 431. The van der Waals surface area contributed by atoms with Gasteiger partial charge in [-0.05, 0) is 25.5 Å². The standard InChI is InChI=1S/C10H12N2O4/c1-6-3-4-8(9(5-6)12(15)16)11-7(2)10(13)14/h3-5,7,11H,1-2H3,(H,13,14)/t7-/m0/s1. The molecule has 0 aromatic heterocycles. The van der Waals surface area contributed by atoms with Crippen LogP contribution in [0.1, 0.15) is 12.5 Å². The van der Waals surface area contributed by atoms with E-state index in [1.165, 1.54) is 19.1 Å². The molecule has 1 aromatic carbocycles. The highest BCUT2D eigenvalue weighted by molar-refractivity contribution is 5.78. The second-order valence-electron chi connectivity index (χ2n) is 3.48. The van der Waals surface area contributed by atoms with Crippen LogP contribution >= 0.6 is 0 Å². The molecule has 1 aromatic rings. The average molecular weight is 224 g/mol. The maximum atomic E-state index is 10.7. The molecule has 0 aliphatic rings. The van der Waals surface area contributed by atoms with E-state index < -0.39 is 16.9 Å². The van der Waals surface area contributed by atoms with Crippen LogP contribution in [0.2, 0.25) is 0 Å². The van der Waals surface area contributed by atoms with Gasteiger partial charge in [-0.15, -0.1) is 0 Å². The van der Waals surface area contributed by atoms with Gasteiger partial charge in [-0.25, -0.2) is 0 Å². The first-order valence-corrected chi connectivity index (χ1v) is 4.66. The smallest absolute Gasteiger partial charge is 0.325 e. The minimum absolute atomic E-state index is 0.117. The summed E-state index contributed by atoms with van der Waals surface area (Å²) in [5.74, 6) is -1.06. The van der Waals surface area contributed by atoms with Crippen molar-refractivity contribution in [3.63, 3.8) is 0 Å². The number of hydrogen-bond acceptors (Lipinski definition) is 4. The number of carboxylic acids is 1. The van der Waals surface area contributed by atoms with E-state index in [9.17, 15) is 14.9 Å². The molecule has 1 atom stereocenters. The van der Waals surface area contributed by atoms with Gasteiger partial charge in [-0.1, -0.05) is 6.07 Å². The fourth-order valence-electron chi connectivity index (χ4n) is 1.21. The van der Waals surface area contributed by atoms with Gasteiger partial charge in [-0.2, -0.15) is 0 Å². The molecule has 0 unspecified atom stereocenters. The molecule has 0 amide bonds. The fraction of sp³-hybridized carbons (Fsp3) is 0.300. The van der Waals surface area contributed by atoms with E-state index in [1.54, 1.807) is 13.0 Å². The lowest BCUT2D eigenvalue weighted by atomic mass is 10.2. The Balaban J connectivity index is 3.04. The van der Waals surface area contributed by atoms with Crippen LogP contribution in [0.3, 0.4) is 0 Å². The number of hydrogen-bond donors (Lipinski definition) is 2. The minimum Gasteiger partial charge on any atom is -0.480 e. The van der Waals surface area contributed by atoms with Crippen LogP contribution in [0, 0.1) is 17.0 Å². The van der Waals surface area contributed by atoms with Gasteiger partial charge < -0.3 is 10.4 Å². The largest absolute Gasteiger partial charge is 0.480 e. The highest BCUT2D eigenvalue weighted by atomic mass is 16.6. The lowest BCUT2D eigenvalue weighted by Crippen LogP contribution is -2.25. The Kier molecular flexibility index (Phi) is 3.44. The summed E-state index contributed by atoms with van der Waals surface area (Å²) < 4.78 is 0. The van der Waals surface area contributed by atoms with Crippen LogP contribution in [0.25, 0.3) is 0 Å². The molecule has 0 fully saturated rings.